The molecule has 0 aliphatic rings. The summed E-state index contributed by atoms with van der Waals surface area (Å²) in [4.78, 5) is 12.9. The highest BCUT2D eigenvalue weighted by Gasteiger charge is 2.19. The molecule has 0 aliphatic heterocycles. The maximum Gasteiger partial charge on any atom is 0.196 e. The van der Waals surface area contributed by atoms with Crippen molar-refractivity contribution in [2.24, 2.45) is 0 Å². The Kier molecular flexibility index (Phi) is 4.87. The molecular formula is C20H19N5O2S. The predicted octanol–water partition coefficient (Wildman–Crippen LogP) is 3.95. The van der Waals surface area contributed by atoms with Gasteiger partial charge in [0.15, 0.2) is 16.8 Å². The summed E-state index contributed by atoms with van der Waals surface area (Å²) in [6.07, 6.45) is 1.65. The molecule has 0 saturated heterocycles. The average Bonchev–Trinajstić information content (AvgIpc) is 3.40. The van der Waals surface area contributed by atoms with Crippen molar-refractivity contribution in [3.8, 4) is 11.5 Å². The van der Waals surface area contributed by atoms with Gasteiger partial charge in [0.25, 0.3) is 0 Å². The Bertz CT molecular complexity index is 1130. The van der Waals surface area contributed by atoms with E-state index in [-0.39, 0.29) is 11.5 Å². The molecular weight excluding hydrogens is 374 g/mol. The van der Waals surface area contributed by atoms with Crippen LogP contribution in [0.3, 0.4) is 0 Å². The Hall–Kier alpha value is -3.13. The summed E-state index contributed by atoms with van der Waals surface area (Å²) in [5.74, 6) is 1.72. The van der Waals surface area contributed by atoms with Gasteiger partial charge in [0.2, 0.25) is 0 Å². The number of carbonyl (C=O) groups excluding carboxylic acids is 1. The topological polar surface area (TPSA) is 78.7 Å². The molecule has 4 rings (SSSR count). The first-order chi connectivity index (χ1) is 13.5. The molecule has 3 heterocycles. The van der Waals surface area contributed by atoms with Gasteiger partial charge < -0.3 is 4.52 Å². The first-order valence-electron chi connectivity index (χ1n) is 8.78. The van der Waals surface area contributed by atoms with Gasteiger partial charge in [-0.25, -0.2) is 0 Å². The summed E-state index contributed by atoms with van der Waals surface area (Å²) in [5.41, 5.74) is 3.42. The van der Waals surface area contributed by atoms with Crippen LogP contribution in [0.5, 0.6) is 0 Å². The lowest BCUT2D eigenvalue weighted by atomic mass is 10.2. The number of thioether (sulfide) groups is 1. The number of aryl methyl sites for hydroxylation is 2. The molecule has 0 unspecified atom stereocenters. The SMILES string of the molecule is Cc1cc(-n2c(C)cc(C(=O)CSc3nncn3-c3ccccc3)c2C)no1. The molecule has 0 aliphatic carbocycles. The normalized spacial score (nSPS) is 11.1. The summed E-state index contributed by atoms with van der Waals surface area (Å²) >= 11 is 1.37. The maximum absolute atomic E-state index is 12.9. The number of rotatable bonds is 6. The highest BCUT2D eigenvalue weighted by molar-refractivity contribution is 7.99. The van der Waals surface area contributed by atoms with Gasteiger partial charge in [-0.05, 0) is 39.0 Å². The lowest BCUT2D eigenvalue weighted by Gasteiger charge is -2.06. The van der Waals surface area contributed by atoms with Crippen molar-refractivity contribution in [1.82, 2.24) is 24.5 Å². The summed E-state index contributed by atoms with van der Waals surface area (Å²) in [6, 6.07) is 13.6. The molecule has 28 heavy (non-hydrogen) atoms. The Morgan fingerprint density at radius 2 is 1.93 bits per heavy atom. The maximum atomic E-state index is 12.9. The van der Waals surface area contributed by atoms with Crippen LogP contribution in [0.15, 0.2) is 58.5 Å². The zero-order valence-electron chi connectivity index (χ0n) is 15.8. The van der Waals surface area contributed by atoms with Crippen LogP contribution >= 0.6 is 11.8 Å². The van der Waals surface area contributed by atoms with Crippen molar-refractivity contribution in [2.45, 2.75) is 25.9 Å². The smallest absolute Gasteiger partial charge is 0.196 e. The number of Topliss-reactive ketones (excluding diaryl/α,β-unsaturated/α-hetero) is 1. The molecule has 0 atom stereocenters. The highest BCUT2D eigenvalue weighted by atomic mass is 32.2. The third kappa shape index (κ3) is 3.38. The second-order valence-corrected chi connectivity index (χ2v) is 7.39. The van der Waals surface area contributed by atoms with Crippen LogP contribution in [-0.4, -0.2) is 36.0 Å². The molecule has 7 nitrogen and oxygen atoms in total. The van der Waals surface area contributed by atoms with Crippen molar-refractivity contribution in [3.63, 3.8) is 0 Å². The Labute approximate surface area is 166 Å². The van der Waals surface area contributed by atoms with Crippen LogP contribution in [0.2, 0.25) is 0 Å². The zero-order valence-corrected chi connectivity index (χ0v) is 16.6. The van der Waals surface area contributed by atoms with Crippen LogP contribution in [0.4, 0.5) is 0 Å². The molecule has 0 radical (unpaired) electrons. The monoisotopic (exact) mass is 393 g/mol. The molecule has 142 valence electrons. The van der Waals surface area contributed by atoms with Crippen LogP contribution in [0, 0.1) is 20.8 Å². The van der Waals surface area contributed by atoms with E-state index in [1.807, 2.05) is 72.4 Å². The average molecular weight is 393 g/mol. The predicted molar refractivity (Wildman–Crippen MR) is 106 cm³/mol. The van der Waals surface area contributed by atoms with E-state index in [9.17, 15) is 4.79 Å². The molecule has 4 aromatic rings. The second kappa shape index (κ2) is 7.47. The molecule has 0 saturated carbocycles. The molecule has 0 fully saturated rings. The van der Waals surface area contributed by atoms with Crippen LogP contribution < -0.4 is 0 Å². The van der Waals surface area contributed by atoms with Crippen LogP contribution in [0.25, 0.3) is 11.5 Å². The number of hydrogen-bond acceptors (Lipinski definition) is 6. The minimum Gasteiger partial charge on any atom is -0.360 e. The van der Waals surface area contributed by atoms with Gasteiger partial charge in [-0.15, -0.1) is 10.2 Å². The van der Waals surface area contributed by atoms with E-state index < -0.39 is 0 Å². The summed E-state index contributed by atoms with van der Waals surface area (Å²) in [6.45, 7) is 5.71. The van der Waals surface area contributed by atoms with Gasteiger partial charge in [-0.2, -0.15) is 0 Å². The van der Waals surface area contributed by atoms with E-state index in [4.69, 9.17) is 4.52 Å². The van der Waals surface area contributed by atoms with Gasteiger partial charge in [0.05, 0.1) is 5.75 Å². The molecule has 0 amide bonds. The van der Waals surface area contributed by atoms with E-state index >= 15 is 0 Å². The Morgan fingerprint density at radius 3 is 2.64 bits per heavy atom. The third-order valence-electron chi connectivity index (χ3n) is 4.46. The molecule has 0 N–H and O–H groups in total. The van der Waals surface area contributed by atoms with E-state index in [1.165, 1.54) is 11.8 Å². The Balaban J connectivity index is 1.54. The lowest BCUT2D eigenvalue weighted by molar-refractivity contribution is 0.102. The molecule has 0 spiro atoms. The number of benzene rings is 1. The van der Waals surface area contributed by atoms with Crippen molar-refractivity contribution < 1.29 is 9.32 Å². The van der Waals surface area contributed by atoms with Gasteiger partial charge >= 0.3 is 0 Å². The highest BCUT2D eigenvalue weighted by Crippen LogP contribution is 2.24. The minimum atomic E-state index is 0.0344. The fourth-order valence-electron chi connectivity index (χ4n) is 3.15. The fourth-order valence-corrected chi connectivity index (χ4v) is 3.96. The van der Waals surface area contributed by atoms with Crippen molar-refractivity contribution >= 4 is 17.5 Å². The number of para-hydroxylation sites is 1. The van der Waals surface area contributed by atoms with E-state index in [0.29, 0.717) is 16.5 Å². The summed E-state index contributed by atoms with van der Waals surface area (Å²) in [7, 11) is 0. The molecule has 0 bridgehead atoms. The van der Waals surface area contributed by atoms with Gasteiger partial charge in [0.1, 0.15) is 12.1 Å². The largest absolute Gasteiger partial charge is 0.360 e. The number of carbonyl (C=O) groups is 1. The first-order valence-corrected chi connectivity index (χ1v) is 9.77. The van der Waals surface area contributed by atoms with Gasteiger partial charge in [0, 0.05) is 28.7 Å². The minimum absolute atomic E-state index is 0.0344. The van der Waals surface area contributed by atoms with Crippen molar-refractivity contribution in [3.05, 3.63) is 71.5 Å². The first kappa shape index (κ1) is 18.2. The van der Waals surface area contributed by atoms with Gasteiger partial charge in [-0.1, -0.05) is 35.1 Å². The number of hydrogen-bond donors (Lipinski definition) is 0. The zero-order chi connectivity index (χ0) is 19.7. The lowest BCUT2D eigenvalue weighted by Crippen LogP contribution is -2.06. The van der Waals surface area contributed by atoms with E-state index in [2.05, 4.69) is 15.4 Å². The quantitative estimate of drug-likeness (QED) is 0.365. The molecule has 3 aromatic heterocycles. The summed E-state index contributed by atoms with van der Waals surface area (Å²) in [5, 5.41) is 12.9. The standard InChI is InChI=1S/C20H19N5O2S/c1-13-9-17(15(3)25(13)19-10-14(2)27-23-19)18(26)11-28-20-22-21-12-24(20)16-7-5-4-6-8-16/h4-10,12H,11H2,1-3H3. The van der Waals surface area contributed by atoms with Gasteiger partial charge in [-0.3, -0.25) is 13.9 Å². The van der Waals surface area contributed by atoms with E-state index in [1.54, 1.807) is 6.33 Å². The Morgan fingerprint density at radius 1 is 1.14 bits per heavy atom. The number of nitrogens with zero attached hydrogens (tertiary/aromatic N) is 5. The fraction of sp³-hybridized carbons (Fsp3) is 0.200. The van der Waals surface area contributed by atoms with Crippen LogP contribution in [-0.2, 0) is 0 Å². The van der Waals surface area contributed by atoms with E-state index in [0.717, 1.165) is 22.8 Å². The second-order valence-electron chi connectivity index (χ2n) is 6.45. The molecule has 8 heteroatoms. The molecule has 1 aromatic carbocycles. The van der Waals surface area contributed by atoms with Crippen LogP contribution in [0.1, 0.15) is 27.5 Å². The van der Waals surface area contributed by atoms with Crippen molar-refractivity contribution in [2.75, 3.05) is 5.75 Å². The third-order valence-corrected chi connectivity index (χ3v) is 5.40. The number of aromatic nitrogens is 5. The summed E-state index contributed by atoms with van der Waals surface area (Å²) < 4.78 is 8.98. The van der Waals surface area contributed by atoms with Crippen molar-refractivity contribution in [1.29, 1.82) is 0 Å². The number of ketones is 1.